The Balaban J connectivity index is 2.30. The minimum Gasteiger partial charge on any atom is -0.391 e. The third-order valence-electron chi connectivity index (χ3n) is 2.40. The van der Waals surface area contributed by atoms with Crippen LogP contribution in [0, 0.1) is 0 Å². The van der Waals surface area contributed by atoms with Gasteiger partial charge in [-0.05, 0) is 0 Å². The number of carbonyl (C=O) groups is 1. The lowest BCUT2D eigenvalue weighted by molar-refractivity contribution is -0.121. The number of carbonyl (C=O) groups excluding carboxylic acids is 1. The van der Waals surface area contributed by atoms with Crippen molar-refractivity contribution in [3.05, 3.63) is 0 Å². The van der Waals surface area contributed by atoms with Gasteiger partial charge in [0.15, 0.2) is 0 Å². The van der Waals surface area contributed by atoms with Crippen LogP contribution < -0.4 is 11.1 Å². The molecule has 0 bridgehead atoms. The molecule has 1 aliphatic heterocycles. The Kier molecular flexibility index (Phi) is 4.93. The van der Waals surface area contributed by atoms with Crippen molar-refractivity contribution in [1.29, 1.82) is 0 Å². The molecule has 1 fully saturated rings. The highest BCUT2D eigenvalue weighted by Crippen LogP contribution is 2.05. The Bertz CT molecular complexity index is 248. The van der Waals surface area contributed by atoms with Crippen LogP contribution in [0.1, 0.15) is 6.42 Å². The van der Waals surface area contributed by atoms with Crippen LogP contribution in [0.25, 0.3) is 0 Å². The number of rotatable bonds is 4. The van der Waals surface area contributed by atoms with E-state index in [1.165, 1.54) is 0 Å². The highest BCUT2D eigenvalue weighted by Gasteiger charge is 2.22. The first kappa shape index (κ1) is 12.4. The molecule has 0 radical (unpaired) electrons. The topological polar surface area (TPSA) is 67.6 Å². The molecule has 1 unspecified atom stereocenters. The maximum atomic E-state index is 11.1. The molecule has 6 heteroatoms. The summed E-state index contributed by atoms with van der Waals surface area (Å²) in [7, 11) is 1.64. The van der Waals surface area contributed by atoms with Crippen LogP contribution in [0.4, 0.5) is 0 Å². The molecule has 1 rings (SSSR count). The van der Waals surface area contributed by atoms with Crippen molar-refractivity contribution in [2.45, 2.75) is 12.5 Å². The Morgan fingerprint density at radius 1 is 1.73 bits per heavy atom. The van der Waals surface area contributed by atoms with Gasteiger partial charge in [0.25, 0.3) is 0 Å². The largest absolute Gasteiger partial charge is 0.391 e. The van der Waals surface area contributed by atoms with Crippen LogP contribution in [0.2, 0.25) is 0 Å². The molecule has 0 aromatic rings. The van der Waals surface area contributed by atoms with E-state index in [1.807, 2.05) is 0 Å². The van der Waals surface area contributed by atoms with E-state index in [1.54, 1.807) is 7.05 Å². The normalized spacial score (nSPS) is 22.3. The van der Waals surface area contributed by atoms with Gasteiger partial charge >= 0.3 is 0 Å². The lowest BCUT2D eigenvalue weighted by Crippen LogP contribution is -2.48. The maximum Gasteiger partial charge on any atom is 0.221 e. The van der Waals surface area contributed by atoms with E-state index < -0.39 is 0 Å². The molecule has 3 N–H and O–H groups in total. The van der Waals surface area contributed by atoms with E-state index in [0.717, 1.165) is 13.1 Å². The third-order valence-corrected chi connectivity index (χ3v) is 2.66. The zero-order chi connectivity index (χ0) is 11.3. The molecule has 1 heterocycles. The molecule has 0 aromatic heterocycles. The summed E-state index contributed by atoms with van der Waals surface area (Å²) in [6.07, 6.45) is 0.332. The molecule has 0 aromatic carbocycles. The number of thiocarbonyl (C=S) groups is 1. The first-order chi connectivity index (χ1) is 7.13. The smallest absolute Gasteiger partial charge is 0.221 e. The van der Waals surface area contributed by atoms with Gasteiger partial charge in [-0.3, -0.25) is 9.69 Å². The summed E-state index contributed by atoms with van der Waals surface area (Å²) in [5.41, 5.74) is 5.51. The van der Waals surface area contributed by atoms with Crippen molar-refractivity contribution >= 4 is 23.1 Å². The molecule has 1 atom stereocenters. The van der Waals surface area contributed by atoms with Crippen LogP contribution in [-0.4, -0.2) is 55.2 Å². The Labute approximate surface area is 94.9 Å². The van der Waals surface area contributed by atoms with Gasteiger partial charge in [-0.25, -0.2) is 0 Å². The fourth-order valence-corrected chi connectivity index (χ4v) is 1.60. The summed E-state index contributed by atoms with van der Waals surface area (Å²) in [6.45, 7) is 2.86. The molecule has 15 heavy (non-hydrogen) atoms. The highest BCUT2D eigenvalue weighted by atomic mass is 32.1. The number of hydrogen-bond acceptors (Lipinski definition) is 4. The Morgan fingerprint density at radius 3 is 3.07 bits per heavy atom. The van der Waals surface area contributed by atoms with Crippen molar-refractivity contribution in [2.24, 2.45) is 5.73 Å². The van der Waals surface area contributed by atoms with E-state index in [9.17, 15) is 4.79 Å². The number of ether oxygens (including phenoxy) is 1. The molecule has 1 amide bonds. The Morgan fingerprint density at radius 2 is 2.47 bits per heavy atom. The van der Waals surface area contributed by atoms with E-state index >= 15 is 0 Å². The highest BCUT2D eigenvalue weighted by molar-refractivity contribution is 7.80. The first-order valence-electron chi connectivity index (χ1n) is 4.97. The van der Waals surface area contributed by atoms with Gasteiger partial charge in [0.1, 0.15) is 11.1 Å². The van der Waals surface area contributed by atoms with Gasteiger partial charge in [0, 0.05) is 33.1 Å². The zero-order valence-electron chi connectivity index (χ0n) is 8.86. The fraction of sp³-hybridized carbons (Fsp3) is 0.778. The van der Waals surface area contributed by atoms with Crippen LogP contribution in [0.3, 0.4) is 0 Å². The van der Waals surface area contributed by atoms with Gasteiger partial charge in [0.05, 0.1) is 6.61 Å². The van der Waals surface area contributed by atoms with Crippen molar-refractivity contribution in [3.63, 3.8) is 0 Å². The quantitative estimate of drug-likeness (QED) is 0.614. The van der Waals surface area contributed by atoms with Crippen molar-refractivity contribution in [3.8, 4) is 0 Å². The third kappa shape index (κ3) is 4.11. The molecule has 1 aliphatic rings. The summed E-state index contributed by atoms with van der Waals surface area (Å²) >= 11 is 4.87. The van der Waals surface area contributed by atoms with Gasteiger partial charge in [-0.15, -0.1) is 0 Å². The van der Waals surface area contributed by atoms with Crippen LogP contribution in [0.15, 0.2) is 0 Å². The molecular formula is C9H17N3O2S. The van der Waals surface area contributed by atoms with Gasteiger partial charge in [0.2, 0.25) is 5.91 Å². The lowest BCUT2D eigenvalue weighted by Gasteiger charge is -2.32. The summed E-state index contributed by atoms with van der Waals surface area (Å²) in [5.74, 6) is 0.0494. The van der Waals surface area contributed by atoms with Crippen LogP contribution >= 0.6 is 12.2 Å². The number of nitrogens with zero attached hydrogens (tertiary/aromatic N) is 1. The van der Waals surface area contributed by atoms with Gasteiger partial charge in [-0.2, -0.15) is 0 Å². The molecule has 86 valence electrons. The van der Waals surface area contributed by atoms with Crippen molar-refractivity contribution in [1.82, 2.24) is 10.2 Å². The van der Waals surface area contributed by atoms with E-state index in [2.05, 4.69) is 10.2 Å². The summed E-state index contributed by atoms with van der Waals surface area (Å²) in [4.78, 5) is 13.6. The fourth-order valence-electron chi connectivity index (χ4n) is 1.46. The maximum absolute atomic E-state index is 11.1. The number of nitrogens with two attached hydrogens (primary N) is 1. The van der Waals surface area contributed by atoms with E-state index in [0.29, 0.717) is 24.6 Å². The predicted octanol–water partition coefficient (Wildman–Crippen LogP) is -0.891. The van der Waals surface area contributed by atoms with Crippen molar-refractivity contribution < 1.29 is 9.53 Å². The summed E-state index contributed by atoms with van der Waals surface area (Å²) in [6, 6.07) is 0. The monoisotopic (exact) mass is 231 g/mol. The molecule has 1 saturated heterocycles. The lowest BCUT2D eigenvalue weighted by atomic mass is 10.2. The average molecular weight is 231 g/mol. The SMILES string of the molecule is CNC(=O)CCN1CCOC(C(N)=S)C1. The number of amides is 1. The molecule has 0 spiro atoms. The van der Waals surface area contributed by atoms with Gasteiger partial charge in [-0.1, -0.05) is 12.2 Å². The van der Waals surface area contributed by atoms with E-state index in [-0.39, 0.29) is 12.0 Å². The van der Waals surface area contributed by atoms with Gasteiger partial charge < -0.3 is 15.8 Å². The second kappa shape index (κ2) is 5.99. The minimum atomic E-state index is -0.168. The van der Waals surface area contributed by atoms with Crippen LogP contribution in [0.5, 0.6) is 0 Å². The second-order valence-electron chi connectivity index (χ2n) is 3.49. The average Bonchev–Trinajstić information content (AvgIpc) is 2.26. The minimum absolute atomic E-state index is 0.0494. The zero-order valence-corrected chi connectivity index (χ0v) is 9.68. The summed E-state index contributed by atoms with van der Waals surface area (Å²) in [5, 5.41) is 2.59. The van der Waals surface area contributed by atoms with Crippen LogP contribution in [-0.2, 0) is 9.53 Å². The first-order valence-corrected chi connectivity index (χ1v) is 5.38. The van der Waals surface area contributed by atoms with E-state index in [4.69, 9.17) is 22.7 Å². The second-order valence-corrected chi connectivity index (χ2v) is 3.96. The van der Waals surface area contributed by atoms with Crippen molar-refractivity contribution in [2.75, 3.05) is 33.3 Å². The molecule has 0 aliphatic carbocycles. The summed E-state index contributed by atoms with van der Waals surface area (Å²) < 4.78 is 5.39. The molecule has 0 saturated carbocycles. The number of nitrogens with one attached hydrogen (secondary N) is 1. The number of morpholine rings is 1. The molecule has 5 nitrogen and oxygen atoms in total. The predicted molar refractivity (Wildman–Crippen MR) is 61.6 cm³/mol. The standard InChI is InChI=1S/C9H17N3O2S/c1-11-8(13)2-3-12-4-5-14-7(6-12)9(10)15/h7H,2-6H2,1H3,(H2,10,15)(H,11,13). The molecular weight excluding hydrogens is 214 g/mol. The Hall–Kier alpha value is -0.720. The number of hydrogen-bond donors (Lipinski definition) is 2.